The monoisotopic (exact) mass is 518 g/mol. The van der Waals surface area contributed by atoms with Crippen molar-refractivity contribution in [1.82, 2.24) is 25.3 Å². The Labute approximate surface area is 195 Å². The van der Waals surface area contributed by atoms with Crippen molar-refractivity contribution in [3.8, 4) is 0 Å². The molecule has 6 nitrogen and oxygen atoms in total. The summed E-state index contributed by atoms with van der Waals surface area (Å²) in [5.41, 5.74) is 3.71. The molecule has 1 saturated carbocycles. The SMILES string of the molecule is CCNC(=NCC(C1CCCCC1)N(C)C)NC(C)Cc1c(C)nn(C)c1C.I. The van der Waals surface area contributed by atoms with E-state index in [0.29, 0.717) is 12.1 Å². The standard InChI is InChI=1S/C22H42N6.HI/c1-8-23-22(24-15-21(27(5)6)19-12-10-9-11-13-19)25-16(2)14-20-17(3)26-28(7)18(20)4;/h16,19,21H,8-15H2,1-7H3,(H2,23,24,25);1H. The highest BCUT2D eigenvalue weighted by atomic mass is 127. The number of nitrogens with zero attached hydrogens (tertiary/aromatic N) is 4. The zero-order valence-corrected chi connectivity index (χ0v) is 21.9. The Hall–Kier alpha value is -0.830. The summed E-state index contributed by atoms with van der Waals surface area (Å²) in [4.78, 5) is 7.34. The molecule has 29 heavy (non-hydrogen) atoms. The largest absolute Gasteiger partial charge is 0.357 e. The molecular weight excluding hydrogens is 475 g/mol. The Morgan fingerprint density at radius 3 is 2.41 bits per heavy atom. The van der Waals surface area contributed by atoms with Crippen LogP contribution in [-0.4, -0.2) is 59.9 Å². The zero-order valence-electron chi connectivity index (χ0n) is 19.6. The average molecular weight is 519 g/mol. The summed E-state index contributed by atoms with van der Waals surface area (Å²) in [7, 11) is 6.42. The summed E-state index contributed by atoms with van der Waals surface area (Å²) in [6.45, 7) is 10.3. The van der Waals surface area contributed by atoms with Crippen molar-refractivity contribution in [3.63, 3.8) is 0 Å². The third-order valence-electron chi connectivity index (χ3n) is 6.19. The number of hydrogen-bond acceptors (Lipinski definition) is 3. The van der Waals surface area contributed by atoms with Crippen LogP contribution in [0.2, 0.25) is 0 Å². The van der Waals surface area contributed by atoms with Crippen molar-refractivity contribution in [2.45, 2.75) is 78.3 Å². The van der Waals surface area contributed by atoms with Gasteiger partial charge in [0.05, 0.1) is 12.2 Å². The molecule has 1 fully saturated rings. The molecule has 2 atom stereocenters. The highest BCUT2D eigenvalue weighted by Crippen LogP contribution is 2.28. The molecule has 0 saturated heterocycles. The smallest absolute Gasteiger partial charge is 0.191 e. The molecule has 168 valence electrons. The molecule has 1 aliphatic carbocycles. The molecule has 0 radical (unpaired) electrons. The van der Waals surface area contributed by atoms with Crippen molar-refractivity contribution in [2.24, 2.45) is 18.0 Å². The van der Waals surface area contributed by atoms with E-state index in [1.807, 2.05) is 11.7 Å². The Morgan fingerprint density at radius 1 is 1.24 bits per heavy atom. The predicted molar refractivity (Wildman–Crippen MR) is 134 cm³/mol. The second kappa shape index (κ2) is 12.8. The first-order valence-electron chi connectivity index (χ1n) is 11.0. The maximum absolute atomic E-state index is 4.97. The molecule has 0 bridgehead atoms. The fourth-order valence-corrected chi connectivity index (χ4v) is 4.46. The van der Waals surface area contributed by atoms with E-state index in [-0.39, 0.29) is 24.0 Å². The van der Waals surface area contributed by atoms with Gasteiger partial charge in [0.15, 0.2) is 5.96 Å². The van der Waals surface area contributed by atoms with Gasteiger partial charge in [-0.1, -0.05) is 19.3 Å². The third-order valence-corrected chi connectivity index (χ3v) is 6.19. The van der Waals surface area contributed by atoms with E-state index in [1.54, 1.807) is 0 Å². The highest BCUT2D eigenvalue weighted by molar-refractivity contribution is 14.0. The molecular formula is C22H43IN6. The summed E-state index contributed by atoms with van der Waals surface area (Å²) in [5, 5.41) is 11.6. The number of halogens is 1. The van der Waals surface area contributed by atoms with E-state index in [0.717, 1.165) is 37.1 Å². The van der Waals surface area contributed by atoms with Crippen molar-refractivity contribution in [3.05, 3.63) is 17.0 Å². The van der Waals surface area contributed by atoms with E-state index in [2.05, 4.69) is 62.4 Å². The molecule has 2 N–H and O–H groups in total. The van der Waals surface area contributed by atoms with Crippen LogP contribution >= 0.6 is 24.0 Å². The van der Waals surface area contributed by atoms with Crippen molar-refractivity contribution >= 4 is 29.9 Å². The van der Waals surface area contributed by atoms with E-state index >= 15 is 0 Å². The Balaban J connectivity index is 0.00000420. The maximum atomic E-state index is 4.97. The van der Waals surface area contributed by atoms with Crippen molar-refractivity contribution in [1.29, 1.82) is 0 Å². The van der Waals surface area contributed by atoms with E-state index in [4.69, 9.17) is 4.99 Å². The number of aromatic nitrogens is 2. The number of aryl methyl sites for hydroxylation is 2. The molecule has 0 amide bonds. The van der Waals surface area contributed by atoms with Gasteiger partial charge in [0.25, 0.3) is 0 Å². The number of aliphatic imine (C=N–C) groups is 1. The molecule has 1 aromatic heterocycles. The van der Waals surface area contributed by atoms with Gasteiger partial charge in [0, 0.05) is 31.4 Å². The van der Waals surface area contributed by atoms with Gasteiger partial charge in [-0.15, -0.1) is 24.0 Å². The summed E-state index contributed by atoms with van der Waals surface area (Å²) < 4.78 is 1.97. The second-order valence-corrected chi connectivity index (χ2v) is 8.67. The lowest BCUT2D eigenvalue weighted by atomic mass is 9.83. The molecule has 0 aliphatic heterocycles. The van der Waals surface area contributed by atoms with Gasteiger partial charge >= 0.3 is 0 Å². The molecule has 2 unspecified atom stereocenters. The van der Waals surface area contributed by atoms with Crippen LogP contribution in [-0.2, 0) is 13.5 Å². The molecule has 0 aromatic carbocycles. The fourth-order valence-electron chi connectivity index (χ4n) is 4.46. The van der Waals surface area contributed by atoms with Crippen LogP contribution in [0.3, 0.4) is 0 Å². The van der Waals surface area contributed by atoms with Crippen LogP contribution in [0.15, 0.2) is 4.99 Å². The van der Waals surface area contributed by atoms with E-state index < -0.39 is 0 Å². The van der Waals surface area contributed by atoms with Gasteiger partial charge in [-0.3, -0.25) is 9.67 Å². The number of rotatable bonds is 8. The van der Waals surface area contributed by atoms with Crippen LogP contribution in [0.4, 0.5) is 0 Å². The van der Waals surface area contributed by atoms with Crippen molar-refractivity contribution in [2.75, 3.05) is 27.2 Å². The normalized spacial score (nSPS) is 17.7. The molecule has 0 spiro atoms. The van der Waals surface area contributed by atoms with Gasteiger partial charge in [-0.25, -0.2) is 0 Å². The minimum atomic E-state index is 0. The van der Waals surface area contributed by atoms with Gasteiger partial charge in [-0.05, 0) is 72.5 Å². The maximum Gasteiger partial charge on any atom is 0.191 e. The van der Waals surface area contributed by atoms with Gasteiger partial charge in [0.1, 0.15) is 0 Å². The Morgan fingerprint density at radius 2 is 1.90 bits per heavy atom. The second-order valence-electron chi connectivity index (χ2n) is 8.67. The number of likely N-dealkylation sites (N-methyl/N-ethyl adjacent to an activating group) is 1. The summed E-state index contributed by atoms with van der Waals surface area (Å²) in [5.74, 6) is 1.70. The van der Waals surface area contributed by atoms with Crippen molar-refractivity contribution < 1.29 is 0 Å². The molecule has 7 heteroatoms. The first-order valence-corrected chi connectivity index (χ1v) is 11.0. The van der Waals surface area contributed by atoms with E-state index in [9.17, 15) is 0 Å². The lowest BCUT2D eigenvalue weighted by Gasteiger charge is -2.34. The molecule has 2 rings (SSSR count). The Bertz CT molecular complexity index is 633. The topological polar surface area (TPSA) is 57.5 Å². The molecule has 1 heterocycles. The first-order chi connectivity index (χ1) is 13.3. The summed E-state index contributed by atoms with van der Waals surface area (Å²) >= 11 is 0. The van der Waals surface area contributed by atoms with Crippen LogP contribution < -0.4 is 10.6 Å². The van der Waals surface area contributed by atoms with Gasteiger partial charge < -0.3 is 15.5 Å². The number of guanidine groups is 1. The lowest BCUT2D eigenvalue weighted by Crippen LogP contribution is -2.45. The Kier molecular flexibility index (Phi) is 11.5. The quantitative estimate of drug-likeness (QED) is 0.314. The zero-order chi connectivity index (χ0) is 20.7. The fraction of sp³-hybridized carbons (Fsp3) is 0.818. The van der Waals surface area contributed by atoms with Crippen LogP contribution in [0.25, 0.3) is 0 Å². The van der Waals surface area contributed by atoms with Crippen LogP contribution in [0.1, 0.15) is 62.9 Å². The van der Waals surface area contributed by atoms with E-state index in [1.165, 1.54) is 43.4 Å². The minimum Gasteiger partial charge on any atom is -0.357 e. The third kappa shape index (κ3) is 7.74. The van der Waals surface area contributed by atoms with Crippen LogP contribution in [0.5, 0.6) is 0 Å². The highest BCUT2D eigenvalue weighted by Gasteiger charge is 2.25. The lowest BCUT2D eigenvalue weighted by molar-refractivity contribution is 0.176. The average Bonchev–Trinajstić information content (AvgIpc) is 2.88. The minimum absolute atomic E-state index is 0. The number of hydrogen-bond donors (Lipinski definition) is 2. The molecule has 1 aliphatic rings. The summed E-state index contributed by atoms with van der Waals surface area (Å²) in [6, 6.07) is 0.820. The first kappa shape index (κ1) is 26.2. The summed E-state index contributed by atoms with van der Waals surface area (Å²) in [6.07, 6.45) is 7.79. The van der Waals surface area contributed by atoms with Gasteiger partial charge in [-0.2, -0.15) is 5.10 Å². The van der Waals surface area contributed by atoms with Crippen LogP contribution in [0, 0.1) is 19.8 Å². The predicted octanol–water partition coefficient (Wildman–Crippen LogP) is 3.65. The van der Waals surface area contributed by atoms with Gasteiger partial charge in [0.2, 0.25) is 0 Å². The number of nitrogens with one attached hydrogen (secondary N) is 2. The molecule has 1 aromatic rings.